The Kier molecular flexibility index (Phi) is 6.95. The quantitative estimate of drug-likeness (QED) is 0.469. The summed E-state index contributed by atoms with van der Waals surface area (Å²) in [6.45, 7) is 0.209. The average molecular weight is 445 g/mol. The number of nitrogens with two attached hydrogens (primary N) is 1. The van der Waals surface area contributed by atoms with Gasteiger partial charge in [0.05, 0.1) is 16.5 Å². The molecule has 0 aliphatic carbocycles. The molecule has 3 rings (SSSR count). The van der Waals surface area contributed by atoms with Crippen molar-refractivity contribution >= 4 is 40.8 Å². The largest absolute Gasteiger partial charge is 0.481 e. The smallest absolute Gasteiger partial charge is 0.307 e. The molecule has 154 valence electrons. The van der Waals surface area contributed by atoms with Crippen LogP contribution in [0.2, 0.25) is 10.0 Å². The van der Waals surface area contributed by atoms with Crippen molar-refractivity contribution in [1.29, 1.82) is 0 Å². The molecular weight excluding hydrogens is 427 g/mol. The summed E-state index contributed by atoms with van der Waals surface area (Å²) in [4.78, 5) is 23.2. The predicted molar refractivity (Wildman–Crippen MR) is 117 cm³/mol. The van der Waals surface area contributed by atoms with Crippen LogP contribution in [0.5, 0.6) is 11.5 Å². The number of amides is 1. The van der Waals surface area contributed by atoms with Gasteiger partial charge in [0.25, 0.3) is 5.91 Å². The molecule has 0 fully saturated rings. The summed E-state index contributed by atoms with van der Waals surface area (Å²) in [5.74, 6) is -0.144. The molecule has 0 unspecified atom stereocenters. The first kappa shape index (κ1) is 21.6. The van der Waals surface area contributed by atoms with E-state index >= 15 is 0 Å². The van der Waals surface area contributed by atoms with Gasteiger partial charge in [0.15, 0.2) is 0 Å². The number of anilines is 1. The number of benzene rings is 3. The molecule has 0 saturated carbocycles. The highest BCUT2D eigenvalue weighted by Crippen LogP contribution is 2.28. The Labute approximate surface area is 183 Å². The fraction of sp³-hybridized carbons (Fsp3) is 0.0909. The Bertz CT molecular complexity index is 1080. The standard InChI is InChI=1S/C22H18Cl2N2O4/c23-18-7-2-14(11-19(18)24)22(29)26-16-3-5-17(6-4-16)30-20-8-1-13(10-21(27)28)9-15(20)12-25/h1-9,11H,10,12,25H2,(H,26,29)(H,27,28). The minimum absolute atomic E-state index is 0.0828. The number of carbonyl (C=O) groups is 2. The lowest BCUT2D eigenvalue weighted by molar-refractivity contribution is -0.136. The monoisotopic (exact) mass is 444 g/mol. The molecule has 0 heterocycles. The maximum Gasteiger partial charge on any atom is 0.307 e. The molecule has 1 amide bonds. The second kappa shape index (κ2) is 9.63. The van der Waals surface area contributed by atoms with Crippen LogP contribution >= 0.6 is 23.2 Å². The van der Waals surface area contributed by atoms with E-state index in [9.17, 15) is 9.59 Å². The number of carboxylic acid groups (broad SMARTS) is 1. The summed E-state index contributed by atoms with van der Waals surface area (Å²) < 4.78 is 5.86. The lowest BCUT2D eigenvalue weighted by Gasteiger charge is -2.12. The third-order valence-corrected chi connectivity index (χ3v) is 4.96. The minimum atomic E-state index is -0.912. The van der Waals surface area contributed by atoms with E-state index in [1.165, 1.54) is 6.07 Å². The summed E-state index contributed by atoms with van der Waals surface area (Å²) in [6, 6.07) is 16.6. The number of hydrogen-bond acceptors (Lipinski definition) is 4. The first-order valence-corrected chi connectivity index (χ1v) is 9.69. The molecule has 0 aliphatic rings. The lowest BCUT2D eigenvalue weighted by Crippen LogP contribution is -2.11. The molecule has 0 bridgehead atoms. The van der Waals surface area contributed by atoms with Gasteiger partial charge in [0.1, 0.15) is 11.5 Å². The van der Waals surface area contributed by atoms with Crippen molar-refractivity contribution in [3.05, 3.63) is 87.4 Å². The fourth-order valence-electron chi connectivity index (χ4n) is 2.75. The Morgan fingerprint density at radius 3 is 2.33 bits per heavy atom. The third kappa shape index (κ3) is 5.51. The number of ether oxygens (including phenoxy) is 1. The number of rotatable bonds is 7. The molecule has 6 nitrogen and oxygen atoms in total. The average Bonchev–Trinajstić information content (AvgIpc) is 2.72. The van der Waals surface area contributed by atoms with Crippen molar-refractivity contribution in [3.8, 4) is 11.5 Å². The summed E-state index contributed by atoms with van der Waals surface area (Å²) in [5.41, 5.74) is 8.08. The molecule has 0 aromatic heterocycles. The van der Waals surface area contributed by atoms with Gasteiger partial charge in [-0.3, -0.25) is 9.59 Å². The maximum atomic E-state index is 12.3. The second-order valence-corrected chi connectivity index (χ2v) is 7.24. The van der Waals surface area contributed by atoms with Crippen LogP contribution < -0.4 is 15.8 Å². The zero-order chi connectivity index (χ0) is 21.7. The van der Waals surface area contributed by atoms with E-state index in [1.54, 1.807) is 54.6 Å². The molecule has 0 atom stereocenters. The van der Waals surface area contributed by atoms with Crippen LogP contribution in [0.1, 0.15) is 21.5 Å². The van der Waals surface area contributed by atoms with Crippen molar-refractivity contribution in [2.75, 3.05) is 5.32 Å². The topological polar surface area (TPSA) is 102 Å². The number of carbonyl (C=O) groups excluding carboxylic acids is 1. The maximum absolute atomic E-state index is 12.3. The molecular formula is C22H18Cl2N2O4. The molecule has 3 aromatic rings. The van der Waals surface area contributed by atoms with Gasteiger partial charge in [-0.15, -0.1) is 0 Å². The first-order chi connectivity index (χ1) is 14.4. The van der Waals surface area contributed by atoms with Crippen LogP contribution in [0.15, 0.2) is 60.7 Å². The van der Waals surface area contributed by atoms with E-state index in [4.69, 9.17) is 38.8 Å². The first-order valence-electron chi connectivity index (χ1n) is 8.93. The normalized spacial score (nSPS) is 10.5. The Morgan fingerprint density at radius 1 is 0.967 bits per heavy atom. The number of aliphatic carboxylic acids is 1. The van der Waals surface area contributed by atoms with E-state index in [1.807, 2.05) is 0 Å². The van der Waals surface area contributed by atoms with Gasteiger partial charge in [-0.1, -0.05) is 35.3 Å². The third-order valence-electron chi connectivity index (χ3n) is 4.22. The van der Waals surface area contributed by atoms with Gasteiger partial charge in [-0.25, -0.2) is 0 Å². The predicted octanol–water partition coefficient (Wildman–Crippen LogP) is 5.12. The second-order valence-electron chi connectivity index (χ2n) is 6.43. The summed E-state index contributed by atoms with van der Waals surface area (Å²) in [5, 5.41) is 12.4. The van der Waals surface area contributed by atoms with Gasteiger partial charge in [-0.2, -0.15) is 0 Å². The zero-order valence-corrected chi connectivity index (χ0v) is 17.2. The van der Waals surface area contributed by atoms with Crippen molar-refractivity contribution in [2.45, 2.75) is 13.0 Å². The lowest BCUT2D eigenvalue weighted by atomic mass is 10.1. The van der Waals surface area contributed by atoms with Crippen LogP contribution in [0, 0.1) is 0 Å². The van der Waals surface area contributed by atoms with E-state index in [0.29, 0.717) is 43.9 Å². The molecule has 0 spiro atoms. The molecule has 30 heavy (non-hydrogen) atoms. The van der Waals surface area contributed by atoms with Crippen molar-refractivity contribution in [1.82, 2.24) is 0 Å². The number of nitrogens with one attached hydrogen (secondary N) is 1. The molecule has 0 saturated heterocycles. The fourth-order valence-corrected chi connectivity index (χ4v) is 3.05. The summed E-state index contributed by atoms with van der Waals surface area (Å²) >= 11 is 11.8. The van der Waals surface area contributed by atoms with Gasteiger partial charge >= 0.3 is 5.97 Å². The molecule has 3 aromatic carbocycles. The number of halogens is 2. The summed E-state index contributed by atoms with van der Waals surface area (Å²) in [6.07, 6.45) is -0.0828. The Morgan fingerprint density at radius 2 is 1.70 bits per heavy atom. The number of carboxylic acids is 1. The SMILES string of the molecule is NCc1cc(CC(=O)O)ccc1Oc1ccc(NC(=O)c2ccc(Cl)c(Cl)c2)cc1. The van der Waals surface area contributed by atoms with Crippen LogP contribution in [0.25, 0.3) is 0 Å². The zero-order valence-electron chi connectivity index (χ0n) is 15.7. The van der Waals surface area contributed by atoms with E-state index in [0.717, 1.165) is 0 Å². The van der Waals surface area contributed by atoms with Gasteiger partial charge < -0.3 is 20.9 Å². The highest BCUT2D eigenvalue weighted by Gasteiger charge is 2.10. The van der Waals surface area contributed by atoms with Crippen molar-refractivity contribution in [3.63, 3.8) is 0 Å². The van der Waals surface area contributed by atoms with Crippen molar-refractivity contribution in [2.24, 2.45) is 5.73 Å². The molecule has 4 N–H and O–H groups in total. The number of hydrogen-bond donors (Lipinski definition) is 3. The van der Waals surface area contributed by atoms with Gasteiger partial charge in [0.2, 0.25) is 0 Å². The minimum Gasteiger partial charge on any atom is -0.481 e. The van der Waals surface area contributed by atoms with E-state index in [-0.39, 0.29) is 18.9 Å². The summed E-state index contributed by atoms with van der Waals surface area (Å²) in [7, 11) is 0. The van der Waals surface area contributed by atoms with Crippen LogP contribution in [-0.2, 0) is 17.8 Å². The van der Waals surface area contributed by atoms with Gasteiger partial charge in [-0.05, 0) is 54.1 Å². The van der Waals surface area contributed by atoms with E-state index in [2.05, 4.69) is 5.32 Å². The van der Waals surface area contributed by atoms with Gasteiger partial charge in [0, 0.05) is 23.4 Å². The Balaban J connectivity index is 1.69. The van der Waals surface area contributed by atoms with Crippen molar-refractivity contribution < 1.29 is 19.4 Å². The molecule has 0 radical (unpaired) electrons. The highest BCUT2D eigenvalue weighted by molar-refractivity contribution is 6.42. The van der Waals surface area contributed by atoms with Crippen LogP contribution in [-0.4, -0.2) is 17.0 Å². The highest BCUT2D eigenvalue weighted by atomic mass is 35.5. The molecule has 8 heteroatoms. The van der Waals surface area contributed by atoms with Crippen LogP contribution in [0.4, 0.5) is 5.69 Å². The molecule has 0 aliphatic heterocycles. The van der Waals surface area contributed by atoms with E-state index < -0.39 is 5.97 Å². The van der Waals surface area contributed by atoms with Crippen LogP contribution in [0.3, 0.4) is 0 Å². The Hall–Kier alpha value is -3.06.